The topological polar surface area (TPSA) is 230 Å². The number of hydrogen-bond donors (Lipinski definition) is 1. The lowest BCUT2D eigenvalue weighted by atomic mass is 10.1. The van der Waals surface area contributed by atoms with Gasteiger partial charge in [-0.15, -0.1) is 0 Å². The first kappa shape index (κ1) is 85.9. The molecule has 12 heterocycles. The van der Waals surface area contributed by atoms with Crippen molar-refractivity contribution in [3.05, 3.63) is 325 Å². The summed E-state index contributed by atoms with van der Waals surface area (Å²) in [7, 11) is 0. The monoisotopic (exact) mass is 1390 g/mol. The number of pyridine rings is 7. The first-order chi connectivity index (χ1) is 46.3. The van der Waals surface area contributed by atoms with Gasteiger partial charge in [0, 0.05) is 138 Å². The molecule has 0 unspecified atom stereocenters. The Bertz CT molecular complexity index is 3630. The molecule has 0 saturated carbocycles. The second-order valence-electron chi connectivity index (χ2n) is 21.2. The molecule has 1 N–H and O–H groups in total. The molecule has 0 radical (unpaired) electrons. The largest absolute Gasteiger partial charge is 0.416 e. The van der Waals surface area contributed by atoms with Crippen molar-refractivity contribution in [2.45, 2.75) is 131 Å². The van der Waals surface area contributed by atoms with Gasteiger partial charge < -0.3 is 0 Å². The lowest BCUT2D eigenvalue weighted by Crippen LogP contribution is -2.27. The highest BCUT2D eigenvalue weighted by atomic mass is 35.5. The number of aromatic nitrogens is 17. The zero-order chi connectivity index (χ0) is 73.4. The van der Waals surface area contributed by atoms with Crippen molar-refractivity contribution in [2.24, 2.45) is 0 Å². The second kappa shape index (κ2) is 49.4. The molecule has 0 aliphatic rings. The molecule has 0 fully saturated rings. The van der Waals surface area contributed by atoms with E-state index < -0.39 is 11.7 Å². The molecule has 0 amide bonds. The molecule has 516 valence electrons. The molecule has 12 rings (SSSR count). The van der Waals surface area contributed by atoms with Gasteiger partial charge in [0.25, 0.3) is 0 Å². The standard InChI is InChI=1S/C7H5ClF3N.3C7H9N.C6H5Cl2N.3C6H8N2.C6H8NO.C6H7N.2C5H6N2/c1-4-3-12-6(8)2-5(4)7(9,10)11;1-6-3-4-8-5-7(6)2;1-6-3-4-8-7(2)5-6;1-6-3-4-7(2)8-5-6;1-4-2-5(7)6(8)9-3-4;1-5-3-7-6(2)8-4-5;2*1-5-3-4-7-6(2)8-5;1-6-2-4-7(8)5-3-6;1-6-2-4-7-5-3-6;1-5-2-3-6-4-7-5;1-5-6-3-2-4-7-5/h2-3H,1H3;3*3-5H,1-2H3;2-3H,1H3;3*3-4H,1-2H3;2-5,8H,1H3;2-5H,1H3;2*2-4H,1H3/q;;;;;;;;+1;;;. The summed E-state index contributed by atoms with van der Waals surface area (Å²) in [4.78, 5) is 62.5. The summed E-state index contributed by atoms with van der Waals surface area (Å²) in [5.41, 5.74) is 14.2. The maximum atomic E-state index is 12.1. The molecule has 0 atom stereocenters. The van der Waals surface area contributed by atoms with Crippen LogP contribution in [0.3, 0.4) is 0 Å². The third-order valence-corrected chi connectivity index (χ3v) is 12.6. The minimum Gasteiger partial charge on any atom is -0.285 e. The average Bonchev–Trinajstić information content (AvgIpc) is 0.860. The third-order valence-electron chi connectivity index (χ3n) is 11.7. The van der Waals surface area contributed by atoms with Crippen molar-refractivity contribution >= 4 is 34.8 Å². The van der Waals surface area contributed by atoms with Gasteiger partial charge in [-0.3, -0.25) is 25.1 Å². The molecule has 0 aliphatic carbocycles. The zero-order valence-electron chi connectivity index (χ0n) is 58.9. The number of hydrogen-bond acceptors (Lipinski definition) is 17. The Morgan fingerprint density at radius 1 is 0.337 bits per heavy atom. The van der Waals surface area contributed by atoms with E-state index in [9.17, 15) is 13.2 Å². The molecule has 0 saturated heterocycles. The fraction of sp³-hybridized carbons (Fsp3) is 0.257. The quantitative estimate of drug-likeness (QED) is 0.0845. The first-order valence-corrected chi connectivity index (χ1v) is 31.4. The summed E-state index contributed by atoms with van der Waals surface area (Å²) in [6.45, 7) is 34.8. The zero-order valence-corrected chi connectivity index (χ0v) is 61.1. The summed E-state index contributed by atoms with van der Waals surface area (Å²) in [6, 6.07) is 27.8. The van der Waals surface area contributed by atoms with E-state index in [0.717, 1.165) is 85.5 Å². The predicted molar refractivity (Wildman–Crippen MR) is 385 cm³/mol. The van der Waals surface area contributed by atoms with E-state index in [0.29, 0.717) is 10.2 Å². The highest BCUT2D eigenvalue weighted by molar-refractivity contribution is 6.41. The van der Waals surface area contributed by atoms with Gasteiger partial charge in [0.15, 0.2) is 0 Å². The maximum absolute atomic E-state index is 12.1. The van der Waals surface area contributed by atoms with Crippen LogP contribution < -0.4 is 4.73 Å². The fourth-order valence-electron chi connectivity index (χ4n) is 6.35. The number of nitrogens with zero attached hydrogens (tertiary/aromatic N) is 17. The molecule has 12 aromatic heterocycles. The van der Waals surface area contributed by atoms with Gasteiger partial charge in [-0.05, 0) is 247 Å². The molecule has 0 aliphatic heterocycles. The molecule has 24 heteroatoms. The number of rotatable bonds is 0. The molecule has 0 aromatic carbocycles. The number of alkyl halides is 3. The molecule has 0 spiro atoms. The molecule has 0 bridgehead atoms. The van der Waals surface area contributed by atoms with Crippen LogP contribution in [0.25, 0.3) is 0 Å². The van der Waals surface area contributed by atoms with E-state index in [-0.39, 0.29) is 10.7 Å². The van der Waals surface area contributed by atoms with Gasteiger partial charge in [-0.25, -0.2) is 59.8 Å². The van der Waals surface area contributed by atoms with Crippen molar-refractivity contribution in [3.63, 3.8) is 0 Å². The summed E-state index contributed by atoms with van der Waals surface area (Å²) in [5, 5.41) is 9.40. The van der Waals surface area contributed by atoms with E-state index in [1.807, 2.05) is 195 Å². The molecule has 98 heavy (non-hydrogen) atoms. The van der Waals surface area contributed by atoms with E-state index >= 15 is 0 Å². The van der Waals surface area contributed by atoms with Crippen molar-refractivity contribution in [1.82, 2.24) is 79.7 Å². The van der Waals surface area contributed by atoms with Crippen molar-refractivity contribution < 1.29 is 23.1 Å². The normalized spacial score (nSPS) is 9.47. The van der Waals surface area contributed by atoms with E-state index in [4.69, 9.17) is 40.0 Å². The van der Waals surface area contributed by atoms with E-state index in [2.05, 4.69) is 113 Å². The minimum absolute atomic E-state index is 0.0758. The van der Waals surface area contributed by atoms with Crippen LogP contribution in [0.1, 0.15) is 107 Å². The van der Waals surface area contributed by atoms with Crippen LogP contribution in [0.15, 0.2) is 203 Å². The van der Waals surface area contributed by atoms with E-state index in [1.54, 1.807) is 74.1 Å². The van der Waals surface area contributed by atoms with Gasteiger partial charge >= 0.3 is 6.18 Å². The Hall–Kier alpha value is -10.1. The SMILES string of the molecule is Cc1cc[n+](O)cc1.Cc1ccc(C)nc1.Cc1ccnc(C)c1.Cc1ccnc(C)n1.Cc1ccnc(C)n1.Cc1ccncc1.Cc1ccncc1C.Cc1ccncn1.Cc1cnc(C)nc1.Cc1cnc(Cl)c(Cl)c1.Cc1cnc(Cl)cc1C(F)(F)F.Cc1ncccn1. The smallest absolute Gasteiger partial charge is 0.285 e. The Morgan fingerprint density at radius 2 is 0.827 bits per heavy atom. The molecule has 12 aromatic rings. The van der Waals surface area contributed by atoms with Crippen LogP contribution >= 0.6 is 34.8 Å². The van der Waals surface area contributed by atoms with Gasteiger partial charge in [0.1, 0.15) is 39.9 Å². The van der Waals surface area contributed by atoms with Gasteiger partial charge in [-0.1, -0.05) is 40.9 Å². The van der Waals surface area contributed by atoms with Crippen molar-refractivity contribution in [1.29, 1.82) is 0 Å². The summed E-state index contributed by atoms with van der Waals surface area (Å²) >= 11 is 16.5. The highest BCUT2D eigenvalue weighted by Gasteiger charge is 2.32. The molecule has 18 nitrogen and oxygen atoms in total. The summed E-state index contributed by atoms with van der Waals surface area (Å²) in [6.07, 6.45) is 26.4. The second-order valence-corrected chi connectivity index (χ2v) is 22.4. The maximum Gasteiger partial charge on any atom is 0.416 e. The van der Waals surface area contributed by atoms with Crippen LogP contribution in [0.2, 0.25) is 15.3 Å². The molecular formula is C74H88Cl3F3N17O+. The van der Waals surface area contributed by atoms with Gasteiger partial charge in [-0.2, -0.15) is 13.2 Å². The minimum atomic E-state index is -4.35. The first-order valence-electron chi connectivity index (χ1n) is 30.2. The Balaban J connectivity index is 0.000000536. The summed E-state index contributed by atoms with van der Waals surface area (Å²) < 4.78 is 37.4. The summed E-state index contributed by atoms with van der Waals surface area (Å²) in [5.74, 6) is 3.33. The van der Waals surface area contributed by atoms with Crippen molar-refractivity contribution in [2.75, 3.05) is 0 Å². The third kappa shape index (κ3) is 45.3. The van der Waals surface area contributed by atoms with Crippen LogP contribution in [0.4, 0.5) is 13.2 Å². The number of aryl methyl sites for hydroxylation is 18. The van der Waals surface area contributed by atoms with Crippen LogP contribution in [-0.2, 0) is 6.18 Å². The van der Waals surface area contributed by atoms with Gasteiger partial charge in [0.05, 0.1) is 10.6 Å². The Labute approximate surface area is 590 Å². The lowest BCUT2D eigenvalue weighted by molar-refractivity contribution is -0.904. The average molecular weight is 1390 g/mol. The Morgan fingerprint density at radius 3 is 1.16 bits per heavy atom. The van der Waals surface area contributed by atoms with Crippen LogP contribution in [0.5, 0.6) is 0 Å². The lowest BCUT2D eigenvalue weighted by Gasteiger charge is -2.08. The highest BCUT2D eigenvalue weighted by Crippen LogP contribution is 2.32. The fourth-order valence-corrected chi connectivity index (χ4v) is 6.83. The van der Waals surface area contributed by atoms with Gasteiger partial charge in [0.2, 0.25) is 12.4 Å². The molecular weight excluding hydrogens is 1310 g/mol. The van der Waals surface area contributed by atoms with E-state index in [1.165, 1.54) is 41.1 Å². The van der Waals surface area contributed by atoms with Crippen molar-refractivity contribution in [3.8, 4) is 0 Å². The predicted octanol–water partition coefficient (Wildman–Crippen LogP) is 17.6. The Kier molecular flexibility index (Phi) is 43.3. The van der Waals surface area contributed by atoms with Crippen LogP contribution in [-0.4, -0.2) is 85.0 Å². The number of halogens is 6. The van der Waals surface area contributed by atoms with Crippen LogP contribution in [0, 0.1) is 125 Å².